The summed E-state index contributed by atoms with van der Waals surface area (Å²) in [4.78, 5) is 0. The fourth-order valence-corrected chi connectivity index (χ4v) is 1.58. The summed E-state index contributed by atoms with van der Waals surface area (Å²) in [6, 6.07) is 4.21. The van der Waals surface area contributed by atoms with E-state index in [1.165, 1.54) is 5.56 Å². The third-order valence-electron chi connectivity index (χ3n) is 2.50. The van der Waals surface area contributed by atoms with Gasteiger partial charge in [-0.2, -0.15) is 0 Å². The van der Waals surface area contributed by atoms with E-state index >= 15 is 0 Å². The second-order valence-corrected chi connectivity index (χ2v) is 3.32. The lowest BCUT2D eigenvalue weighted by Gasteiger charge is -2.09. The van der Waals surface area contributed by atoms with E-state index in [2.05, 4.69) is 32.9 Å². The molecule has 0 aliphatic rings. The minimum atomic E-state index is 0.502. The number of aryl methyl sites for hydroxylation is 3. The molecule has 13 heavy (non-hydrogen) atoms. The van der Waals surface area contributed by atoms with Crippen molar-refractivity contribution >= 4 is 0 Å². The van der Waals surface area contributed by atoms with Crippen LogP contribution < -0.4 is 0 Å². The third kappa shape index (κ3) is 2.03. The summed E-state index contributed by atoms with van der Waals surface area (Å²) >= 11 is 0. The first-order chi connectivity index (χ1) is 6.22. The molecule has 0 spiro atoms. The number of phenolic OH excluding ortho intramolecular Hbond substituents is 1. The van der Waals surface area contributed by atoms with Crippen molar-refractivity contribution in [3.05, 3.63) is 28.8 Å². The van der Waals surface area contributed by atoms with Crippen molar-refractivity contribution in [2.75, 3.05) is 0 Å². The normalized spacial score (nSPS) is 10.4. The molecule has 0 aliphatic carbocycles. The van der Waals surface area contributed by atoms with Crippen LogP contribution in [0, 0.1) is 0 Å². The molecule has 1 N–H and O–H groups in total. The van der Waals surface area contributed by atoms with Crippen molar-refractivity contribution in [3.63, 3.8) is 0 Å². The average molecular weight is 178 g/mol. The maximum atomic E-state index is 9.81. The SMILES string of the molecule is CCc1cc(CC)c(O)c(CC)c1. The van der Waals surface area contributed by atoms with Crippen molar-refractivity contribution < 1.29 is 5.11 Å². The van der Waals surface area contributed by atoms with Crippen LogP contribution in [0.1, 0.15) is 37.5 Å². The van der Waals surface area contributed by atoms with Gasteiger partial charge in [0.05, 0.1) is 0 Å². The van der Waals surface area contributed by atoms with E-state index in [0.29, 0.717) is 5.75 Å². The highest BCUT2D eigenvalue weighted by atomic mass is 16.3. The molecule has 0 aliphatic heterocycles. The van der Waals surface area contributed by atoms with E-state index in [4.69, 9.17) is 0 Å². The lowest BCUT2D eigenvalue weighted by atomic mass is 9.99. The summed E-state index contributed by atoms with van der Waals surface area (Å²) in [7, 11) is 0. The van der Waals surface area contributed by atoms with Gasteiger partial charge in [0.1, 0.15) is 5.75 Å². The predicted molar refractivity (Wildman–Crippen MR) is 56.2 cm³/mol. The van der Waals surface area contributed by atoms with Crippen LogP contribution in [0.2, 0.25) is 0 Å². The lowest BCUT2D eigenvalue weighted by molar-refractivity contribution is 0.462. The van der Waals surface area contributed by atoms with Crippen molar-refractivity contribution in [1.29, 1.82) is 0 Å². The standard InChI is InChI=1S/C12H18O/c1-4-9-7-10(5-2)12(13)11(6-3)8-9/h7-8,13H,4-6H2,1-3H3. The largest absolute Gasteiger partial charge is 0.507 e. The smallest absolute Gasteiger partial charge is 0.121 e. The molecule has 1 nitrogen and oxygen atoms in total. The summed E-state index contributed by atoms with van der Waals surface area (Å²) in [6.45, 7) is 6.30. The van der Waals surface area contributed by atoms with E-state index in [0.717, 1.165) is 30.4 Å². The maximum absolute atomic E-state index is 9.81. The highest BCUT2D eigenvalue weighted by molar-refractivity contribution is 5.43. The Morgan fingerprint density at radius 3 is 1.69 bits per heavy atom. The molecule has 1 aromatic carbocycles. The Hall–Kier alpha value is -0.980. The predicted octanol–water partition coefficient (Wildman–Crippen LogP) is 3.08. The van der Waals surface area contributed by atoms with Gasteiger partial charge in [-0.05, 0) is 36.0 Å². The molecule has 0 aromatic heterocycles. The van der Waals surface area contributed by atoms with Crippen molar-refractivity contribution in [2.45, 2.75) is 40.0 Å². The average Bonchev–Trinajstić information content (AvgIpc) is 2.18. The van der Waals surface area contributed by atoms with Crippen molar-refractivity contribution in [1.82, 2.24) is 0 Å². The van der Waals surface area contributed by atoms with Crippen LogP contribution in [0.4, 0.5) is 0 Å². The summed E-state index contributed by atoms with van der Waals surface area (Å²) in [5.74, 6) is 0.502. The van der Waals surface area contributed by atoms with Crippen LogP contribution in [0.25, 0.3) is 0 Å². The molecule has 0 unspecified atom stereocenters. The molecular formula is C12H18O. The number of phenols is 1. The van der Waals surface area contributed by atoms with E-state index in [9.17, 15) is 5.11 Å². The third-order valence-corrected chi connectivity index (χ3v) is 2.50. The van der Waals surface area contributed by atoms with Gasteiger partial charge in [-0.15, -0.1) is 0 Å². The maximum Gasteiger partial charge on any atom is 0.121 e. The number of hydrogen-bond acceptors (Lipinski definition) is 1. The zero-order valence-electron chi connectivity index (χ0n) is 8.72. The zero-order chi connectivity index (χ0) is 9.84. The molecule has 0 radical (unpaired) electrons. The van der Waals surface area contributed by atoms with Crippen LogP contribution >= 0.6 is 0 Å². The van der Waals surface area contributed by atoms with Gasteiger partial charge in [0, 0.05) is 0 Å². The summed E-state index contributed by atoms with van der Waals surface area (Å²) in [5, 5.41) is 9.81. The molecule has 0 bridgehead atoms. The summed E-state index contributed by atoms with van der Waals surface area (Å²) in [5.41, 5.74) is 3.49. The fraction of sp³-hybridized carbons (Fsp3) is 0.500. The van der Waals surface area contributed by atoms with Gasteiger partial charge < -0.3 is 5.11 Å². The Morgan fingerprint density at radius 1 is 0.923 bits per heavy atom. The second kappa shape index (κ2) is 4.31. The minimum absolute atomic E-state index is 0.502. The van der Waals surface area contributed by atoms with Gasteiger partial charge >= 0.3 is 0 Å². The Labute approximate surface area is 80.4 Å². The van der Waals surface area contributed by atoms with Crippen molar-refractivity contribution in [2.24, 2.45) is 0 Å². The zero-order valence-corrected chi connectivity index (χ0v) is 8.72. The Bertz CT molecular complexity index is 264. The Kier molecular flexibility index (Phi) is 3.35. The highest BCUT2D eigenvalue weighted by Crippen LogP contribution is 2.25. The number of rotatable bonds is 3. The van der Waals surface area contributed by atoms with Gasteiger partial charge in [0.2, 0.25) is 0 Å². The molecule has 1 heteroatoms. The van der Waals surface area contributed by atoms with Gasteiger partial charge in [0.15, 0.2) is 0 Å². The quantitative estimate of drug-likeness (QED) is 0.754. The molecule has 1 rings (SSSR count). The van der Waals surface area contributed by atoms with Crippen LogP contribution in [-0.4, -0.2) is 5.11 Å². The molecule has 0 saturated carbocycles. The molecule has 0 atom stereocenters. The molecule has 0 fully saturated rings. The molecule has 0 amide bonds. The molecule has 72 valence electrons. The first kappa shape index (κ1) is 10.1. The van der Waals surface area contributed by atoms with Crippen LogP contribution in [0.5, 0.6) is 5.75 Å². The van der Waals surface area contributed by atoms with Crippen LogP contribution in [0.15, 0.2) is 12.1 Å². The first-order valence-corrected chi connectivity index (χ1v) is 5.06. The van der Waals surface area contributed by atoms with Crippen LogP contribution in [0.3, 0.4) is 0 Å². The topological polar surface area (TPSA) is 20.2 Å². The number of hydrogen-bond donors (Lipinski definition) is 1. The van der Waals surface area contributed by atoms with Gasteiger partial charge in [-0.3, -0.25) is 0 Å². The second-order valence-electron chi connectivity index (χ2n) is 3.32. The number of aromatic hydroxyl groups is 1. The fourth-order valence-electron chi connectivity index (χ4n) is 1.58. The Balaban J connectivity index is 3.20. The molecule has 0 heterocycles. The van der Waals surface area contributed by atoms with E-state index < -0.39 is 0 Å². The van der Waals surface area contributed by atoms with E-state index in [-0.39, 0.29) is 0 Å². The van der Waals surface area contributed by atoms with Crippen molar-refractivity contribution in [3.8, 4) is 5.75 Å². The minimum Gasteiger partial charge on any atom is -0.507 e. The van der Waals surface area contributed by atoms with Gasteiger partial charge in [0.25, 0.3) is 0 Å². The lowest BCUT2D eigenvalue weighted by Crippen LogP contribution is -1.92. The molecule has 1 aromatic rings. The van der Waals surface area contributed by atoms with Gasteiger partial charge in [-0.1, -0.05) is 32.9 Å². The Morgan fingerprint density at radius 2 is 1.38 bits per heavy atom. The summed E-state index contributed by atoms with van der Waals surface area (Å²) in [6.07, 6.45) is 2.86. The first-order valence-electron chi connectivity index (χ1n) is 5.06. The summed E-state index contributed by atoms with van der Waals surface area (Å²) < 4.78 is 0. The van der Waals surface area contributed by atoms with E-state index in [1.807, 2.05) is 0 Å². The molecular weight excluding hydrogens is 160 g/mol. The van der Waals surface area contributed by atoms with Crippen LogP contribution in [-0.2, 0) is 19.3 Å². The monoisotopic (exact) mass is 178 g/mol. The van der Waals surface area contributed by atoms with E-state index in [1.54, 1.807) is 0 Å². The highest BCUT2D eigenvalue weighted by Gasteiger charge is 2.05. The molecule has 0 saturated heterocycles. The van der Waals surface area contributed by atoms with Gasteiger partial charge in [-0.25, -0.2) is 0 Å². The number of benzene rings is 1.